The summed E-state index contributed by atoms with van der Waals surface area (Å²) >= 11 is 30.8. The van der Waals surface area contributed by atoms with E-state index >= 15 is 26.3 Å². The van der Waals surface area contributed by atoms with Crippen molar-refractivity contribution in [3.8, 4) is 0 Å². The van der Waals surface area contributed by atoms with Crippen LogP contribution in [-0.4, -0.2) is 276 Å². The number of pyridine rings is 3. The maximum absolute atomic E-state index is 16.0. The number of nitrogens with zero attached hydrogens (tertiary/aromatic N) is 18. The lowest BCUT2D eigenvalue weighted by atomic mass is 10.1. The lowest BCUT2D eigenvalue weighted by molar-refractivity contribution is -0.0599. The minimum Gasteiger partial charge on any atom is -0.397 e. The number of nitrogens with one attached hydrogen (secondary N) is 3. The molecule has 0 aliphatic carbocycles. The second-order valence-electron chi connectivity index (χ2n) is 30.6. The Labute approximate surface area is 781 Å². The van der Waals surface area contributed by atoms with Crippen LogP contribution < -0.4 is 51.1 Å². The number of halogens is 6. The first-order chi connectivity index (χ1) is 63.9. The fourth-order valence-corrected chi connectivity index (χ4v) is 26.2. The van der Waals surface area contributed by atoms with Crippen molar-refractivity contribution in [2.75, 3.05) is 74.0 Å². The number of fused-ring (bicyclic) bond motifs is 15. The van der Waals surface area contributed by atoms with Gasteiger partial charge in [-0.1, -0.05) is 12.2 Å². The number of hydrogen-bond donors (Lipinski definition) is 15. The van der Waals surface area contributed by atoms with Gasteiger partial charge < -0.3 is 105 Å². The molecule has 12 aromatic rings. The Morgan fingerprint density at radius 1 is 0.356 bits per heavy atom. The summed E-state index contributed by atoms with van der Waals surface area (Å²) < 4.78 is 212. The molecule has 30 atom stereocenters. The van der Waals surface area contributed by atoms with Crippen molar-refractivity contribution < 1.29 is 133 Å². The molecule has 21 rings (SSSR count). The highest BCUT2D eigenvalue weighted by atomic mass is 32.7. The van der Waals surface area contributed by atoms with Crippen LogP contribution in [0.5, 0.6) is 0 Å². The number of aromatic amines is 3. The number of thiol groups is 1. The minimum absolute atomic E-state index is 0.0121. The van der Waals surface area contributed by atoms with E-state index in [2.05, 4.69) is 87.0 Å². The van der Waals surface area contributed by atoms with Gasteiger partial charge in [-0.05, 0) is 77.2 Å². The predicted octanol–water partition coefficient (Wildman–Crippen LogP) is 2.89. The molecule has 0 amide bonds. The molecule has 9 saturated heterocycles. The van der Waals surface area contributed by atoms with Crippen molar-refractivity contribution in [2.45, 2.75) is 146 Å². The topological polar surface area (TPSA) is 714 Å². The monoisotopic (exact) mass is 2140 g/mol. The largest absolute Gasteiger partial charge is 0.397 e. The summed E-state index contributed by atoms with van der Waals surface area (Å²) in [7, 11) is 0. The SMILES string of the molecule is Nc1nc2c(ncn2[C@@H]2O[C@@H]3COP(O)(=S)O[C@H]4[C@H](F)[C@H](n5cnc6c(N)ccnc65)O[C@@H]4COP(O)(=S)O[C@@H]2[C@@H]3F)c(=O)[nH]1.Nc1nc2c(ncn2[C@@H]2O[C@@H]3COP(O)(=S)O[C@H]4[C@H](F)[C@H](n5cnc6c(N)ccnc65)O[C@@H]4COP(O)(=S)O[C@@H]2[C@@H]3F)c(=O)[nH]1.Nc1nc2c(ncn2[C@@H]2S[C@@H]3COP(=O)(S)O[C@H]4[C@H](F)[C@H](n5cnc6c(N)ccnc65)O[C@@H]4COP(O)(=S)O[C@@H]2[C@H]3F)c(=O)[nH]1. The molecule has 0 saturated carbocycles. The molecule has 0 spiro atoms. The molecule has 9 fully saturated rings. The van der Waals surface area contributed by atoms with Gasteiger partial charge in [-0.25, -0.2) is 75.8 Å². The zero-order valence-corrected chi connectivity index (χ0v) is 78.4. The van der Waals surface area contributed by atoms with Crippen LogP contribution in [0.15, 0.2) is 89.1 Å². The highest BCUT2D eigenvalue weighted by Gasteiger charge is 2.59. The van der Waals surface area contributed by atoms with Crippen molar-refractivity contribution in [2.24, 2.45) is 0 Å². The molecule has 20 N–H and O–H groups in total. The summed E-state index contributed by atoms with van der Waals surface area (Å²) in [5.41, 5.74) is 34.8. The summed E-state index contributed by atoms with van der Waals surface area (Å²) in [6.07, 6.45) is -24.4. The van der Waals surface area contributed by atoms with Crippen LogP contribution in [0, 0.1) is 0 Å². The third-order valence-corrected chi connectivity index (χ3v) is 32.9. The zero-order valence-electron chi connectivity index (χ0n) is 67.2. The Bertz CT molecular complexity index is 6500. The zero-order chi connectivity index (χ0) is 95.5. The van der Waals surface area contributed by atoms with Crippen molar-refractivity contribution in [1.29, 1.82) is 0 Å². The van der Waals surface area contributed by atoms with Crippen LogP contribution in [0.1, 0.15) is 36.5 Å². The van der Waals surface area contributed by atoms with E-state index in [0.717, 1.165) is 33.6 Å². The van der Waals surface area contributed by atoms with E-state index in [0.29, 0.717) is 33.6 Å². The molecule has 53 nitrogen and oxygen atoms in total. The van der Waals surface area contributed by atoms with Gasteiger partial charge in [0.15, 0.2) is 112 Å². The van der Waals surface area contributed by atoms with Gasteiger partial charge in [0, 0.05) is 18.6 Å². The highest BCUT2D eigenvalue weighted by molar-refractivity contribution is 8.44. The summed E-state index contributed by atoms with van der Waals surface area (Å²) in [6.45, 7) is -29.8. The summed E-state index contributed by atoms with van der Waals surface area (Å²) in [5, 5.41) is -2.13. The van der Waals surface area contributed by atoms with E-state index in [9.17, 15) is 43.4 Å². The van der Waals surface area contributed by atoms with Gasteiger partial charge in [0.2, 0.25) is 17.8 Å². The van der Waals surface area contributed by atoms with Crippen LogP contribution >= 0.6 is 64.4 Å². The molecule has 72 heteroatoms. The fourth-order valence-electron chi connectivity index (χ4n) is 15.9. The first kappa shape index (κ1) is 96.5. The number of imidazole rings is 6. The molecule has 21 heterocycles. The maximum atomic E-state index is 16.0. The number of aromatic nitrogens is 21. The molecule has 726 valence electrons. The van der Waals surface area contributed by atoms with Crippen LogP contribution in [0.25, 0.3) is 67.0 Å². The van der Waals surface area contributed by atoms with E-state index in [4.69, 9.17) is 171 Å². The third-order valence-electron chi connectivity index (χ3n) is 22.0. The number of thioether (sulfide) groups is 1. The van der Waals surface area contributed by atoms with Crippen molar-refractivity contribution in [3.63, 3.8) is 0 Å². The molecule has 9 aliphatic heterocycles. The quantitative estimate of drug-likeness (QED) is 0.0646. The van der Waals surface area contributed by atoms with Gasteiger partial charge in [0.05, 0.1) is 99.9 Å². The maximum Gasteiger partial charge on any atom is 0.386 e. The first-order valence-corrected chi connectivity index (χ1v) is 55.6. The lowest BCUT2D eigenvalue weighted by Gasteiger charge is -2.27. The summed E-state index contributed by atoms with van der Waals surface area (Å²) in [4.78, 5) is 148. The highest BCUT2D eigenvalue weighted by Crippen LogP contribution is 2.63. The van der Waals surface area contributed by atoms with E-state index in [1.54, 1.807) is 0 Å². The van der Waals surface area contributed by atoms with E-state index in [1.165, 1.54) is 80.4 Å². The second kappa shape index (κ2) is 36.9. The van der Waals surface area contributed by atoms with Crippen molar-refractivity contribution in [1.82, 2.24) is 102 Å². The van der Waals surface area contributed by atoms with Gasteiger partial charge in [-0.15, -0.1) is 11.8 Å². The average molecular weight is 2140 g/mol. The predicted molar refractivity (Wildman–Crippen MR) is 477 cm³/mol. The standard InChI is InChI=1S/2C21H23F2N9O9P2S2.C21H23F2N9O8P2S3/c2*22-10-8-3-36-42(34,44)40-14-9(39-19(11(14)23)31-5-27-12-7(24)1-2-26-16(12)31)4-37-43(35,45)41-15(10)20(38-8)32-6-28-13-17(32)29-21(25)30-18(13)33;22-10-9-4-37-42(35,44)39-14-8(38-19(11(14)23)31-5-27-12-7(24)1-2-26-16(12)31)3-36-41(34,43)40-15(10)20(45-9)32-6-28-13-17(32)29-21(25)30-18(13)33/h2*1-2,5-6,8-11,14-15,19-20H,3-4H2,(H2,24,26)(H,34,44)(H,35,45)(H3,25,29,30,33);1-2,5-6,8-11,14-15,19-20H,3-4H2,(H2,24,26)(H,34,43)(H,35,44)(H3,25,29,30,33)/t2*8-,9-,10-,11+,14-,15-,19-,20-,42?,43?;8-,9-,10+,11+,14-,15-,19-,20-,41?,42?/m111/s1. The Hall–Kier alpha value is -7.41. The number of ether oxygens (including phenoxy) is 5. The fraction of sp³-hybridized carbons (Fsp3) is 0.476. The molecule has 0 radical (unpaired) electrons. The van der Waals surface area contributed by atoms with E-state index in [1.807, 2.05) is 0 Å². The minimum atomic E-state index is -4.38. The van der Waals surface area contributed by atoms with Gasteiger partial charge in [-0.3, -0.25) is 88.4 Å². The van der Waals surface area contributed by atoms with Crippen LogP contribution in [0.3, 0.4) is 0 Å². The molecule has 12 aromatic heterocycles. The average Bonchev–Trinajstić information content (AvgIpc) is 1.63. The number of hydrogen-bond acceptors (Lipinski definition) is 45. The Morgan fingerprint density at radius 3 is 0.985 bits per heavy atom. The summed E-state index contributed by atoms with van der Waals surface area (Å²) in [5.74, 6) is -0.720. The van der Waals surface area contributed by atoms with Gasteiger partial charge in [0.1, 0.15) is 95.2 Å². The van der Waals surface area contributed by atoms with Crippen LogP contribution in [0.2, 0.25) is 0 Å². The van der Waals surface area contributed by atoms with E-state index < -0.39 is 243 Å². The Morgan fingerprint density at radius 2 is 0.637 bits per heavy atom. The van der Waals surface area contributed by atoms with Crippen molar-refractivity contribution >= 4 is 225 Å². The molecule has 0 aromatic carbocycles. The van der Waals surface area contributed by atoms with Crippen molar-refractivity contribution in [3.05, 3.63) is 106 Å². The lowest BCUT2D eigenvalue weighted by Crippen LogP contribution is -2.34. The smallest absolute Gasteiger partial charge is 0.386 e. The number of H-pyrrole nitrogens is 3. The van der Waals surface area contributed by atoms with Crippen LogP contribution in [0.4, 0.5) is 61.2 Å². The Kier molecular flexibility index (Phi) is 26.4. The van der Waals surface area contributed by atoms with Gasteiger partial charge in [-0.2, -0.15) is 15.0 Å². The second-order valence-corrected chi connectivity index (χ2v) is 48.8. The van der Waals surface area contributed by atoms with E-state index in [-0.39, 0.29) is 68.3 Å². The normalized spacial score (nSPS) is 37.7. The molecule has 6 bridgehead atoms. The number of anilines is 6. The number of nitrogens with two attached hydrogens (primary N) is 6. The summed E-state index contributed by atoms with van der Waals surface area (Å²) in [6, 6.07) is 4.56. The van der Waals surface area contributed by atoms with Gasteiger partial charge >= 0.3 is 40.4 Å². The van der Waals surface area contributed by atoms with Gasteiger partial charge in [0.25, 0.3) is 16.7 Å². The van der Waals surface area contributed by atoms with Crippen LogP contribution in [-0.2, 0) is 142 Å². The molecular formula is C63H69F6N27O26P6S7. The number of nitrogen functional groups attached to an aromatic ring is 6. The third kappa shape index (κ3) is 18.9. The number of rotatable bonds is 6. The molecule has 135 heavy (non-hydrogen) atoms. The first-order valence-electron chi connectivity index (χ1n) is 39.0. The molecular weight excluding hydrogens is 2080 g/mol. The molecule has 6 unspecified atom stereocenters. The number of alkyl halides is 6. The molecule has 9 aliphatic rings. The Balaban J connectivity index is 0.000000130.